The van der Waals surface area contributed by atoms with Gasteiger partial charge < -0.3 is 0 Å². The molecule has 20 heavy (non-hydrogen) atoms. The zero-order valence-corrected chi connectivity index (χ0v) is 9.77. The fourth-order valence-electron chi connectivity index (χ4n) is 1.65. The molecule has 0 aromatic heterocycles. The van der Waals surface area contributed by atoms with Crippen molar-refractivity contribution < 1.29 is 22.9 Å². The van der Waals surface area contributed by atoms with Gasteiger partial charge in [0.1, 0.15) is 17.5 Å². The number of carbonyl (C=O) groups excluding carboxylic acids is 1. The number of rotatable bonds is 3. The van der Waals surface area contributed by atoms with Crippen LogP contribution >= 0.6 is 0 Å². The van der Waals surface area contributed by atoms with E-state index in [-0.39, 0.29) is 0 Å². The van der Waals surface area contributed by atoms with Crippen LogP contribution in [0.2, 0.25) is 0 Å². The normalized spacial score (nSPS) is 10.3. The van der Waals surface area contributed by atoms with Crippen molar-refractivity contribution in [3.05, 3.63) is 75.1 Å². The van der Waals surface area contributed by atoms with Crippen LogP contribution in [-0.4, -0.2) is 10.7 Å². The SMILES string of the molecule is O=C(c1ccc([N+](=O)[O-])cc1F)c1c(F)cccc1F. The van der Waals surface area contributed by atoms with E-state index in [1.54, 1.807) is 0 Å². The van der Waals surface area contributed by atoms with Crippen molar-refractivity contribution in [2.75, 3.05) is 0 Å². The predicted octanol–water partition coefficient (Wildman–Crippen LogP) is 3.24. The van der Waals surface area contributed by atoms with Crippen molar-refractivity contribution in [3.63, 3.8) is 0 Å². The summed E-state index contributed by atoms with van der Waals surface area (Å²) in [5.74, 6) is -4.69. The van der Waals surface area contributed by atoms with E-state index in [2.05, 4.69) is 0 Å². The average Bonchev–Trinajstić information content (AvgIpc) is 2.38. The Morgan fingerprint density at radius 3 is 2.10 bits per heavy atom. The molecule has 0 radical (unpaired) electrons. The molecule has 0 aliphatic heterocycles. The van der Waals surface area contributed by atoms with Crippen molar-refractivity contribution in [2.45, 2.75) is 0 Å². The molecule has 0 N–H and O–H groups in total. The largest absolute Gasteiger partial charge is 0.288 e. The van der Waals surface area contributed by atoms with Gasteiger partial charge in [-0.1, -0.05) is 6.07 Å². The number of benzene rings is 2. The van der Waals surface area contributed by atoms with Gasteiger partial charge in [-0.15, -0.1) is 0 Å². The average molecular weight is 281 g/mol. The Morgan fingerprint density at radius 1 is 1.00 bits per heavy atom. The maximum absolute atomic E-state index is 13.6. The molecule has 0 aliphatic carbocycles. The Bertz CT molecular complexity index is 696. The van der Waals surface area contributed by atoms with Gasteiger partial charge in [0.15, 0.2) is 0 Å². The number of nitrogens with zero attached hydrogens (tertiary/aromatic N) is 1. The maximum Gasteiger partial charge on any atom is 0.272 e. The summed E-state index contributed by atoms with van der Waals surface area (Å²) in [7, 11) is 0. The maximum atomic E-state index is 13.6. The van der Waals surface area contributed by atoms with E-state index in [1.165, 1.54) is 0 Å². The Labute approximate surface area is 110 Å². The molecule has 7 heteroatoms. The highest BCUT2D eigenvalue weighted by molar-refractivity contribution is 6.09. The van der Waals surface area contributed by atoms with Crippen LogP contribution in [0.4, 0.5) is 18.9 Å². The summed E-state index contributed by atoms with van der Waals surface area (Å²) >= 11 is 0. The minimum Gasteiger partial charge on any atom is -0.288 e. The second-order valence-corrected chi connectivity index (χ2v) is 3.85. The van der Waals surface area contributed by atoms with Gasteiger partial charge >= 0.3 is 0 Å². The number of nitro benzene ring substituents is 1. The molecule has 0 saturated heterocycles. The summed E-state index contributed by atoms with van der Waals surface area (Å²) < 4.78 is 40.5. The lowest BCUT2D eigenvalue weighted by Gasteiger charge is -2.05. The molecule has 2 aromatic carbocycles. The molecule has 2 rings (SSSR count). The topological polar surface area (TPSA) is 60.2 Å². The first-order valence-corrected chi connectivity index (χ1v) is 5.34. The summed E-state index contributed by atoms with van der Waals surface area (Å²) in [6.45, 7) is 0. The minimum atomic E-state index is -1.22. The lowest BCUT2D eigenvalue weighted by atomic mass is 10.0. The Hall–Kier alpha value is -2.70. The molecule has 0 heterocycles. The Kier molecular flexibility index (Phi) is 3.51. The third-order valence-electron chi connectivity index (χ3n) is 2.60. The monoisotopic (exact) mass is 281 g/mol. The first kappa shape index (κ1) is 13.7. The second-order valence-electron chi connectivity index (χ2n) is 3.85. The van der Waals surface area contributed by atoms with E-state index >= 15 is 0 Å². The van der Waals surface area contributed by atoms with E-state index in [4.69, 9.17) is 0 Å². The highest BCUT2D eigenvalue weighted by Crippen LogP contribution is 2.22. The van der Waals surface area contributed by atoms with Crippen molar-refractivity contribution in [1.82, 2.24) is 0 Å². The third kappa shape index (κ3) is 2.37. The highest BCUT2D eigenvalue weighted by atomic mass is 19.1. The fraction of sp³-hybridized carbons (Fsp3) is 0. The van der Waals surface area contributed by atoms with Crippen LogP contribution in [0.25, 0.3) is 0 Å². The Balaban J connectivity index is 2.52. The number of hydrogen-bond donors (Lipinski definition) is 0. The molecule has 0 spiro atoms. The molecular formula is C13H6F3NO3. The smallest absolute Gasteiger partial charge is 0.272 e. The van der Waals surface area contributed by atoms with Gasteiger partial charge in [-0.3, -0.25) is 14.9 Å². The van der Waals surface area contributed by atoms with Gasteiger partial charge in [-0.05, 0) is 18.2 Å². The number of nitro groups is 1. The number of hydrogen-bond acceptors (Lipinski definition) is 3. The highest BCUT2D eigenvalue weighted by Gasteiger charge is 2.23. The predicted molar refractivity (Wildman–Crippen MR) is 62.8 cm³/mol. The minimum absolute atomic E-state index is 0.520. The molecule has 102 valence electrons. The summed E-state index contributed by atoms with van der Waals surface area (Å²) in [6.07, 6.45) is 0. The summed E-state index contributed by atoms with van der Waals surface area (Å²) in [5, 5.41) is 10.4. The van der Waals surface area contributed by atoms with E-state index in [0.717, 1.165) is 30.3 Å². The third-order valence-corrected chi connectivity index (χ3v) is 2.60. The second kappa shape index (κ2) is 5.12. The summed E-state index contributed by atoms with van der Waals surface area (Å²) in [4.78, 5) is 21.5. The van der Waals surface area contributed by atoms with Crippen LogP contribution < -0.4 is 0 Å². The number of carbonyl (C=O) groups is 1. The van der Waals surface area contributed by atoms with Crippen LogP contribution in [0, 0.1) is 27.6 Å². The fourth-order valence-corrected chi connectivity index (χ4v) is 1.65. The van der Waals surface area contributed by atoms with Crippen LogP contribution in [0.15, 0.2) is 36.4 Å². The van der Waals surface area contributed by atoms with Crippen molar-refractivity contribution in [1.29, 1.82) is 0 Å². The standard InChI is InChI=1S/C13H6F3NO3/c14-9-2-1-3-10(15)12(9)13(18)8-5-4-7(17(19)20)6-11(8)16/h1-6H. The summed E-state index contributed by atoms with van der Waals surface area (Å²) in [5.41, 5.74) is -2.10. The molecule has 0 saturated carbocycles. The van der Waals surface area contributed by atoms with E-state index in [0.29, 0.717) is 6.07 Å². The first-order valence-electron chi connectivity index (χ1n) is 5.34. The molecule has 4 nitrogen and oxygen atoms in total. The van der Waals surface area contributed by atoms with Crippen LogP contribution in [0.1, 0.15) is 15.9 Å². The number of ketones is 1. The van der Waals surface area contributed by atoms with Gasteiger partial charge in [0.25, 0.3) is 5.69 Å². The van der Waals surface area contributed by atoms with Gasteiger partial charge in [0, 0.05) is 6.07 Å². The molecule has 0 amide bonds. The van der Waals surface area contributed by atoms with Gasteiger partial charge in [0.05, 0.1) is 22.1 Å². The zero-order valence-electron chi connectivity index (χ0n) is 9.77. The molecule has 2 aromatic rings. The van der Waals surface area contributed by atoms with Crippen molar-refractivity contribution in [3.8, 4) is 0 Å². The van der Waals surface area contributed by atoms with E-state index in [9.17, 15) is 28.1 Å². The molecule has 0 fully saturated rings. The van der Waals surface area contributed by atoms with Crippen molar-refractivity contribution in [2.24, 2.45) is 0 Å². The lowest BCUT2D eigenvalue weighted by Crippen LogP contribution is -2.09. The quantitative estimate of drug-likeness (QED) is 0.493. The van der Waals surface area contributed by atoms with E-state index < -0.39 is 45.0 Å². The van der Waals surface area contributed by atoms with Gasteiger partial charge in [-0.2, -0.15) is 0 Å². The molecule has 0 bridgehead atoms. The molecule has 0 unspecified atom stereocenters. The van der Waals surface area contributed by atoms with Gasteiger partial charge in [0.2, 0.25) is 5.78 Å². The van der Waals surface area contributed by atoms with Crippen molar-refractivity contribution >= 4 is 11.5 Å². The van der Waals surface area contributed by atoms with Crippen LogP contribution in [-0.2, 0) is 0 Å². The lowest BCUT2D eigenvalue weighted by molar-refractivity contribution is -0.385. The summed E-state index contributed by atoms with van der Waals surface area (Å²) in [6, 6.07) is 5.01. The molecule has 0 aliphatic rings. The first-order chi connectivity index (χ1) is 9.41. The van der Waals surface area contributed by atoms with E-state index in [1.807, 2.05) is 0 Å². The Morgan fingerprint density at radius 2 is 1.60 bits per heavy atom. The van der Waals surface area contributed by atoms with Gasteiger partial charge in [-0.25, -0.2) is 13.2 Å². The number of halogens is 3. The zero-order chi connectivity index (χ0) is 14.9. The van der Waals surface area contributed by atoms with Crippen LogP contribution in [0.3, 0.4) is 0 Å². The molecule has 0 atom stereocenters. The molecular weight excluding hydrogens is 275 g/mol. The van der Waals surface area contributed by atoms with Crippen LogP contribution in [0.5, 0.6) is 0 Å². The number of non-ortho nitro benzene ring substituents is 1.